The number of hydrogen-bond donors (Lipinski definition) is 1. The summed E-state index contributed by atoms with van der Waals surface area (Å²) in [6.45, 7) is 0.929. The SMILES string of the molecule is C#CCCCNC(c1ccccc1)c1ccccc1.Cl. The van der Waals surface area contributed by atoms with Gasteiger partial charge in [-0.1, -0.05) is 60.7 Å². The van der Waals surface area contributed by atoms with Crippen molar-refractivity contribution in [1.29, 1.82) is 0 Å². The van der Waals surface area contributed by atoms with Gasteiger partial charge in [0.2, 0.25) is 0 Å². The lowest BCUT2D eigenvalue weighted by atomic mass is 9.98. The first-order chi connectivity index (χ1) is 9.42. The van der Waals surface area contributed by atoms with Gasteiger partial charge in [-0.15, -0.1) is 24.8 Å². The fourth-order valence-electron chi connectivity index (χ4n) is 2.16. The minimum Gasteiger partial charge on any atom is -0.306 e. The molecule has 2 rings (SSSR count). The summed E-state index contributed by atoms with van der Waals surface area (Å²) < 4.78 is 0. The van der Waals surface area contributed by atoms with Crippen molar-refractivity contribution < 1.29 is 0 Å². The maximum Gasteiger partial charge on any atom is 0.0576 e. The van der Waals surface area contributed by atoms with E-state index in [0.717, 1.165) is 19.4 Å². The van der Waals surface area contributed by atoms with Gasteiger partial charge in [0.15, 0.2) is 0 Å². The van der Waals surface area contributed by atoms with Crippen LogP contribution < -0.4 is 5.32 Å². The Balaban J connectivity index is 0.00000200. The quantitative estimate of drug-likeness (QED) is 0.619. The van der Waals surface area contributed by atoms with Gasteiger partial charge in [-0.05, 0) is 24.1 Å². The van der Waals surface area contributed by atoms with Crippen molar-refractivity contribution in [2.24, 2.45) is 0 Å². The minimum atomic E-state index is 0. The molecule has 0 aliphatic heterocycles. The summed E-state index contributed by atoms with van der Waals surface area (Å²) in [6, 6.07) is 21.3. The normalized spacial score (nSPS) is 9.80. The Morgan fingerprint density at radius 1 is 0.900 bits per heavy atom. The van der Waals surface area contributed by atoms with E-state index < -0.39 is 0 Å². The Morgan fingerprint density at radius 2 is 1.40 bits per heavy atom. The van der Waals surface area contributed by atoms with Crippen LogP contribution in [0, 0.1) is 12.3 Å². The highest BCUT2D eigenvalue weighted by molar-refractivity contribution is 5.85. The van der Waals surface area contributed by atoms with E-state index in [0.29, 0.717) is 0 Å². The topological polar surface area (TPSA) is 12.0 Å². The second-order valence-corrected chi connectivity index (χ2v) is 4.52. The summed E-state index contributed by atoms with van der Waals surface area (Å²) in [5.74, 6) is 2.68. The van der Waals surface area contributed by atoms with Crippen molar-refractivity contribution >= 4 is 12.4 Å². The third-order valence-electron chi connectivity index (χ3n) is 3.11. The smallest absolute Gasteiger partial charge is 0.0576 e. The van der Waals surface area contributed by atoms with Gasteiger partial charge in [0, 0.05) is 6.42 Å². The molecule has 1 nitrogen and oxygen atoms in total. The first-order valence-electron chi connectivity index (χ1n) is 6.68. The second-order valence-electron chi connectivity index (χ2n) is 4.52. The van der Waals surface area contributed by atoms with Crippen LogP contribution in [0.15, 0.2) is 60.7 Å². The molecule has 0 aliphatic carbocycles. The lowest BCUT2D eigenvalue weighted by Gasteiger charge is -2.19. The first-order valence-corrected chi connectivity index (χ1v) is 6.68. The number of hydrogen-bond acceptors (Lipinski definition) is 1. The van der Waals surface area contributed by atoms with Crippen molar-refractivity contribution in [2.45, 2.75) is 18.9 Å². The fraction of sp³-hybridized carbons (Fsp3) is 0.222. The van der Waals surface area contributed by atoms with Crippen LogP contribution >= 0.6 is 12.4 Å². The molecule has 0 unspecified atom stereocenters. The maximum absolute atomic E-state index is 5.29. The third-order valence-corrected chi connectivity index (χ3v) is 3.11. The van der Waals surface area contributed by atoms with Gasteiger partial charge in [0.25, 0.3) is 0 Å². The number of unbranched alkanes of at least 4 members (excludes halogenated alkanes) is 1. The van der Waals surface area contributed by atoms with Crippen molar-refractivity contribution in [3.05, 3.63) is 71.8 Å². The molecule has 2 aromatic carbocycles. The molecule has 0 aliphatic rings. The molecule has 0 radical (unpaired) electrons. The van der Waals surface area contributed by atoms with Crippen LogP contribution in [0.4, 0.5) is 0 Å². The largest absolute Gasteiger partial charge is 0.306 e. The highest BCUT2D eigenvalue weighted by atomic mass is 35.5. The number of rotatable bonds is 6. The number of terminal acetylenes is 1. The molecule has 104 valence electrons. The molecule has 1 N–H and O–H groups in total. The fourth-order valence-corrected chi connectivity index (χ4v) is 2.16. The predicted molar refractivity (Wildman–Crippen MR) is 88.0 cm³/mol. The summed E-state index contributed by atoms with van der Waals surface area (Å²) in [7, 11) is 0. The zero-order chi connectivity index (χ0) is 13.3. The summed E-state index contributed by atoms with van der Waals surface area (Å²) >= 11 is 0. The van der Waals surface area contributed by atoms with Gasteiger partial charge in [0.1, 0.15) is 0 Å². The summed E-state index contributed by atoms with van der Waals surface area (Å²) in [6.07, 6.45) is 7.12. The monoisotopic (exact) mass is 285 g/mol. The Bertz CT molecular complexity index is 477. The lowest BCUT2D eigenvalue weighted by molar-refractivity contribution is 0.589. The molecular formula is C18H20ClN. The van der Waals surface area contributed by atoms with Crippen LogP contribution in [0.5, 0.6) is 0 Å². The lowest BCUT2D eigenvalue weighted by Crippen LogP contribution is -2.23. The van der Waals surface area contributed by atoms with Crippen LogP contribution in [0.25, 0.3) is 0 Å². The molecule has 0 amide bonds. The molecule has 2 aromatic rings. The van der Waals surface area contributed by atoms with E-state index >= 15 is 0 Å². The number of benzene rings is 2. The summed E-state index contributed by atoms with van der Waals surface area (Å²) in [5, 5.41) is 3.59. The predicted octanol–water partition coefficient (Wildman–Crippen LogP) is 4.20. The highest BCUT2D eigenvalue weighted by Gasteiger charge is 2.11. The van der Waals surface area contributed by atoms with Crippen LogP contribution in [0.2, 0.25) is 0 Å². The van der Waals surface area contributed by atoms with Crippen molar-refractivity contribution in [3.63, 3.8) is 0 Å². The molecular weight excluding hydrogens is 266 g/mol. The summed E-state index contributed by atoms with van der Waals surface area (Å²) in [4.78, 5) is 0. The Morgan fingerprint density at radius 3 is 1.85 bits per heavy atom. The van der Waals surface area contributed by atoms with Crippen LogP contribution in [-0.2, 0) is 0 Å². The minimum absolute atomic E-state index is 0. The second kappa shape index (κ2) is 9.20. The number of halogens is 1. The van der Waals surface area contributed by atoms with Gasteiger partial charge in [-0.2, -0.15) is 0 Å². The average Bonchev–Trinajstić information content (AvgIpc) is 2.49. The Labute approximate surface area is 127 Å². The molecule has 0 spiro atoms. The highest BCUT2D eigenvalue weighted by Crippen LogP contribution is 2.21. The molecule has 0 aromatic heterocycles. The zero-order valence-electron chi connectivity index (χ0n) is 11.5. The molecule has 0 saturated carbocycles. The third kappa shape index (κ3) is 4.74. The maximum atomic E-state index is 5.29. The van der Waals surface area contributed by atoms with E-state index in [-0.39, 0.29) is 18.4 Å². The molecule has 0 atom stereocenters. The van der Waals surface area contributed by atoms with Crippen molar-refractivity contribution in [3.8, 4) is 12.3 Å². The summed E-state index contributed by atoms with van der Waals surface area (Å²) in [5.41, 5.74) is 2.57. The van der Waals surface area contributed by atoms with E-state index in [4.69, 9.17) is 6.42 Å². The van der Waals surface area contributed by atoms with E-state index in [9.17, 15) is 0 Å². The van der Waals surface area contributed by atoms with Crippen molar-refractivity contribution in [1.82, 2.24) is 5.32 Å². The first kappa shape index (κ1) is 16.3. The molecule has 0 bridgehead atoms. The zero-order valence-corrected chi connectivity index (χ0v) is 12.3. The van der Waals surface area contributed by atoms with Crippen LogP contribution in [0.3, 0.4) is 0 Å². The van der Waals surface area contributed by atoms with E-state index in [1.807, 2.05) is 12.1 Å². The van der Waals surface area contributed by atoms with Gasteiger partial charge in [-0.25, -0.2) is 0 Å². The van der Waals surface area contributed by atoms with Gasteiger partial charge >= 0.3 is 0 Å². The standard InChI is InChI=1S/C18H19N.ClH/c1-2-3-10-15-19-18(16-11-6-4-7-12-16)17-13-8-5-9-14-17;/h1,4-9,11-14,18-19H,3,10,15H2;1H. The molecule has 20 heavy (non-hydrogen) atoms. The van der Waals surface area contributed by atoms with Crippen LogP contribution in [-0.4, -0.2) is 6.54 Å². The van der Waals surface area contributed by atoms with Crippen molar-refractivity contribution in [2.75, 3.05) is 6.54 Å². The van der Waals surface area contributed by atoms with Gasteiger partial charge < -0.3 is 5.32 Å². The van der Waals surface area contributed by atoms with Crippen LogP contribution in [0.1, 0.15) is 30.0 Å². The van der Waals surface area contributed by atoms with Gasteiger partial charge in [-0.3, -0.25) is 0 Å². The average molecular weight is 286 g/mol. The van der Waals surface area contributed by atoms with E-state index in [1.54, 1.807) is 0 Å². The Hall–Kier alpha value is -1.75. The van der Waals surface area contributed by atoms with E-state index in [1.165, 1.54) is 11.1 Å². The molecule has 0 heterocycles. The molecule has 2 heteroatoms. The molecule has 0 fully saturated rings. The Kier molecular flexibility index (Phi) is 7.50. The number of nitrogens with one attached hydrogen (secondary N) is 1. The van der Waals surface area contributed by atoms with E-state index in [2.05, 4.69) is 59.8 Å². The van der Waals surface area contributed by atoms with Gasteiger partial charge in [0.05, 0.1) is 6.04 Å². The molecule has 0 saturated heterocycles.